The van der Waals surface area contributed by atoms with Crippen molar-refractivity contribution < 1.29 is 4.52 Å². The third-order valence-corrected chi connectivity index (χ3v) is 3.19. The van der Waals surface area contributed by atoms with Crippen molar-refractivity contribution in [3.8, 4) is 0 Å². The van der Waals surface area contributed by atoms with Gasteiger partial charge in [0, 0.05) is 9.47 Å². The zero-order valence-electron chi connectivity index (χ0n) is 6.89. The van der Waals surface area contributed by atoms with E-state index in [2.05, 4.69) is 23.3 Å². The number of hydrogen-bond acceptors (Lipinski definition) is 1. The summed E-state index contributed by atoms with van der Waals surface area (Å²) in [6, 6.07) is 0. The molecule has 1 aliphatic rings. The van der Waals surface area contributed by atoms with E-state index in [4.69, 9.17) is 4.52 Å². The summed E-state index contributed by atoms with van der Waals surface area (Å²) >= 11 is 0. The quantitative estimate of drug-likeness (QED) is 0.536. The number of hydrogen-bond donors (Lipinski definition) is 0. The molecule has 2 heteroatoms. The lowest BCUT2D eigenvalue weighted by atomic mass is 9.81. The van der Waals surface area contributed by atoms with Gasteiger partial charge in [-0.15, -0.1) is 0 Å². The second-order valence-corrected chi connectivity index (χ2v) is 3.99. The molecule has 1 atom stereocenters. The van der Waals surface area contributed by atoms with E-state index in [1.165, 1.54) is 25.7 Å². The lowest BCUT2D eigenvalue weighted by Crippen LogP contribution is -2.30. The van der Waals surface area contributed by atoms with Crippen molar-refractivity contribution in [3.63, 3.8) is 0 Å². The van der Waals surface area contributed by atoms with Gasteiger partial charge in [-0.2, -0.15) is 0 Å². The highest BCUT2D eigenvalue weighted by Crippen LogP contribution is 2.35. The summed E-state index contributed by atoms with van der Waals surface area (Å²) in [6.45, 7) is 4.52. The van der Waals surface area contributed by atoms with E-state index in [9.17, 15) is 0 Å². The minimum Gasteiger partial charge on any atom is -0.360 e. The van der Waals surface area contributed by atoms with Crippen LogP contribution in [-0.4, -0.2) is 5.60 Å². The molecule has 0 bridgehead atoms. The molecule has 1 nitrogen and oxygen atoms in total. The summed E-state index contributed by atoms with van der Waals surface area (Å²) in [7, 11) is 2.39. The van der Waals surface area contributed by atoms with E-state index >= 15 is 0 Å². The Morgan fingerprint density at radius 2 is 1.90 bits per heavy atom. The maximum Gasteiger partial charge on any atom is 0.0690 e. The minimum atomic E-state index is 0.164. The van der Waals surface area contributed by atoms with Crippen molar-refractivity contribution in [2.24, 2.45) is 5.92 Å². The van der Waals surface area contributed by atoms with Crippen molar-refractivity contribution in [1.29, 1.82) is 0 Å². The molecule has 0 aromatic carbocycles. The van der Waals surface area contributed by atoms with Gasteiger partial charge in [0.25, 0.3) is 0 Å². The van der Waals surface area contributed by atoms with Crippen molar-refractivity contribution >= 4 is 9.47 Å². The van der Waals surface area contributed by atoms with Gasteiger partial charge in [-0.25, -0.2) is 0 Å². The molecule has 1 unspecified atom stereocenters. The summed E-state index contributed by atoms with van der Waals surface area (Å²) in [5.74, 6) is 0.910. The third kappa shape index (κ3) is 1.93. The highest BCUT2D eigenvalue weighted by atomic mass is 31.0. The lowest BCUT2D eigenvalue weighted by Gasteiger charge is -2.34. The van der Waals surface area contributed by atoms with E-state index < -0.39 is 0 Å². The van der Waals surface area contributed by atoms with Gasteiger partial charge in [-0.1, -0.05) is 6.92 Å². The van der Waals surface area contributed by atoms with Crippen LogP contribution in [0.25, 0.3) is 0 Å². The second kappa shape index (κ2) is 3.19. The molecule has 60 valence electrons. The molecule has 0 N–H and O–H groups in total. The smallest absolute Gasteiger partial charge is 0.0690 e. The largest absolute Gasteiger partial charge is 0.360 e. The molecule has 0 aliphatic heterocycles. The van der Waals surface area contributed by atoms with Crippen LogP contribution in [0.2, 0.25) is 0 Å². The molecule has 1 rings (SSSR count). The Bertz CT molecular complexity index is 106. The molecular formula is C8H17OP. The fourth-order valence-corrected chi connectivity index (χ4v) is 1.73. The first kappa shape index (κ1) is 8.49. The van der Waals surface area contributed by atoms with Crippen LogP contribution in [0.3, 0.4) is 0 Å². The maximum atomic E-state index is 5.34. The van der Waals surface area contributed by atoms with E-state index in [0.29, 0.717) is 0 Å². The van der Waals surface area contributed by atoms with Gasteiger partial charge in [0.15, 0.2) is 0 Å². The highest BCUT2D eigenvalue weighted by molar-refractivity contribution is 7.09. The molecule has 0 radical (unpaired) electrons. The Labute approximate surface area is 65.8 Å². The summed E-state index contributed by atoms with van der Waals surface area (Å²) in [6.07, 6.45) is 5.09. The Hall–Kier alpha value is 0.390. The van der Waals surface area contributed by atoms with E-state index in [-0.39, 0.29) is 5.60 Å². The fourth-order valence-electron chi connectivity index (χ4n) is 1.49. The fraction of sp³-hybridized carbons (Fsp3) is 1.00. The Morgan fingerprint density at radius 3 is 2.30 bits per heavy atom. The minimum absolute atomic E-state index is 0.164. The third-order valence-electron chi connectivity index (χ3n) is 2.62. The summed E-state index contributed by atoms with van der Waals surface area (Å²) in [5, 5.41) is 0. The van der Waals surface area contributed by atoms with E-state index in [1.807, 2.05) is 0 Å². The Kier molecular flexibility index (Phi) is 2.71. The molecule has 1 saturated carbocycles. The van der Waals surface area contributed by atoms with Gasteiger partial charge in [-0.3, -0.25) is 0 Å². The molecule has 0 saturated heterocycles. The molecule has 0 aromatic rings. The van der Waals surface area contributed by atoms with Crippen LogP contribution in [0.4, 0.5) is 0 Å². The zero-order chi connectivity index (χ0) is 7.61. The summed E-state index contributed by atoms with van der Waals surface area (Å²) in [5.41, 5.74) is 0.164. The Balaban J connectivity index is 2.38. The average molecular weight is 160 g/mol. The predicted molar refractivity (Wildman–Crippen MR) is 46.8 cm³/mol. The van der Waals surface area contributed by atoms with Crippen molar-refractivity contribution in [3.05, 3.63) is 0 Å². The van der Waals surface area contributed by atoms with Crippen molar-refractivity contribution in [2.45, 2.75) is 45.1 Å². The average Bonchev–Trinajstić information content (AvgIpc) is 1.96. The van der Waals surface area contributed by atoms with Gasteiger partial charge in [0.1, 0.15) is 0 Å². The standard InChI is InChI=1S/C8H17OP/c1-7-3-5-8(2,9-10)6-4-7/h7H,3-6,10H2,1-2H3. The van der Waals surface area contributed by atoms with Gasteiger partial charge in [0.05, 0.1) is 5.60 Å². The summed E-state index contributed by atoms with van der Waals surface area (Å²) in [4.78, 5) is 0. The SMILES string of the molecule is CC1CCC(C)(OP)CC1. The maximum absolute atomic E-state index is 5.34. The van der Waals surface area contributed by atoms with E-state index in [0.717, 1.165) is 5.92 Å². The first-order valence-corrected chi connectivity index (χ1v) is 4.51. The van der Waals surface area contributed by atoms with Crippen LogP contribution >= 0.6 is 9.47 Å². The van der Waals surface area contributed by atoms with Gasteiger partial charge in [-0.05, 0) is 38.5 Å². The predicted octanol–water partition coefficient (Wildman–Crippen LogP) is 2.76. The molecule has 0 aromatic heterocycles. The van der Waals surface area contributed by atoms with Crippen molar-refractivity contribution in [2.75, 3.05) is 0 Å². The molecule has 0 amide bonds. The molecular weight excluding hydrogens is 143 g/mol. The van der Waals surface area contributed by atoms with Gasteiger partial charge < -0.3 is 4.52 Å². The topological polar surface area (TPSA) is 9.23 Å². The van der Waals surface area contributed by atoms with Crippen LogP contribution < -0.4 is 0 Å². The number of rotatable bonds is 1. The first-order valence-electron chi connectivity index (χ1n) is 4.04. The zero-order valence-corrected chi connectivity index (χ0v) is 8.05. The Morgan fingerprint density at radius 1 is 1.40 bits per heavy atom. The van der Waals surface area contributed by atoms with Crippen LogP contribution in [0.1, 0.15) is 39.5 Å². The molecule has 0 spiro atoms. The van der Waals surface area contributed by atoms with Crippen LogP contribution in [0.5, 0.6) is 0 Å². The van der Waals surface area contributed by atoms with Crippen LogP contribution in [0.15, 0.2) is 0 Å². The van der Waals surface area contributed by atoms with Crippen LogP contribution in [-0.2, 0) is 4.52 Å². The van der Waals surface area contributed by atoms with Gasteiger partial charge >= 0.3 is 0 Å². The molecule has 1 fully saturated rings. The monoisotopic (exact) mass is 160 g/mol. The lowest BCUT2D eigenvalue weighted by molar-refractivity contribution is 0.0546. The van der Waals surface area contributed by atoms with Crippen LogP contribution in [0, 0.1) is 5.92 Å². The molecule has 0 heterocycles. The first-order chi connectivity index (χ1) is 4.66. The summed E-state index contributed by atoms with van der Waals surface area (Å²) < 4.78 is 5.34. The highest BCUT2D eigenvalue weighted by Gasteiger charge is 2.28. The normalized spacial score (nSPS) is 41.7. The van der Waals surface area contributed by atoms with Gasteiger partial charge in [0.2, 0.25) is 0 Å². The van der Waals surface area contributed by atoms with Crippen molar-refractivity contribution in [1.82, 2.24) is 0 Å². The molecule has 10 heavy (non-hydrogen) atoms. The second-order valence-electron chi connectivity index (χ2n) is 3.75. The molecule has 1 aliphatic carbocycles. The van der Waals surface area contributed by atoms with E-state index in [1.54, 1.807) is 0 Å².